The summed E-state index contributed by atoms with van der Waals surface area (Å²) in [4.78, 5) is 22.9. The summed E-state index contributed by atoms with van der Waals surface area (Å²) in [7, 11) is 3.98. The molecule has 0 N–H and O–H groups in total. The lowest BCUT2D eigenvalue weighted by Gasteiger charge is -2.38. The Morgan fingerprint density at radius 3 is 2.59 bits per heavy atom. The Balaban J connectivity index is 1.49. The van der Waals surface area contributed by atoms with Crippen LogP contribution in [-0.4, -0.2) is 50.9 Å². The lowest BCUT2D eigenvalue weighted by atomic mass is 9.96. The Kier molecular flexibility index (Phi) is 5.49. The number of likely N-dealkylation sites (N-methyl/N-ethyl adjacent to an activating group) is 1. The molecule has 1 unspecified atom stereocenters. The number of aromatic nitrogens is 3. The van der Waals surface area contributed by atoms with Crippen LogP contribution in [-0.2, 0) is 4.79 Å². The average Bonchev–Trinajstić information content (AvgIpc) is 3.52. The van der Waals surface area contributed by atoms with Crippen molar-refractivity contribution in [2.45, 2.75) is 64.0 Å². The molecule has 0 bridgehead atoms. The predicted octanol–water partition coefficient (Wildman–Crippen LogP) is 4.58. The molecule has 6 nitrogen and oxygen atoms in total. The van der Waals surface area contributed by atoms with E-state index < -0.39 is 0 Å². The molecule has 1 saturated carbocycles. The summed E-state index contributed by atoms with van der Waals surface area (Å²) in [6.07, 6.45) is 5.56. The van der Waals surface area contributed by atoms with Crippen LogP contribution in [0.5, 0.6) is 0 Å². The van der Waals surface area contributed by atoms with Crippen molar-refractivity contribution < 1.29 is 4.79 Å². The number of benzene rings is 1. The summed E-state index contributed by atoms with van der Waals surface area (Å²) in [5.74, 6) is 0.769. The molecule has 5 rings (SSSR count). The zero-order valence-electron chi connectivity index (χ0n) is 19.6. The molecule has 1 amide bonds. The van der Waals surface area contributed by atoms with Crippen molar-refractivity contribution in [1.82, 2.24) is 24.4 Å². The van der Waals surface area contributed by atoms with Crippen LogP contribution in [0, 0.1) is 13.8 Å². The van der Waals surface area contributed by atoms with Gasteiger partial charge >= 0.3 is 0 Å². The van der Waals surface area contributed by atoms with E-state index in [4.69, 9.17) is 10.1 Å². The van der Waals surface area contributed by atoms with Crippen LogP contribution in [0.15, 0.2) is 36.4 Å². The fourth-order valence-electron chi connectivity index (χ4n) is 5.08. The largest absolute Gasteiger partial charge is 0.332 e. The Hall–Kier alpha value is -2.73. The van der Waals surface area contributed by atoms with Gasteiger partial charge in [0.15, 0.2) is 5.65 Å². The average molecular weight is 432 g/mol. The summed E-state index contributed by atoms with van der Waals surface area (Å²) >= 11 is 0. The van der Waals surface area contributed by atoms with Crippen LogP contribution >= 0.6 is 0 Å². The number of carbonyl (C=O) groups excluding carboxylic acids is 1. The van der Waals surface area contributed by atoms with Crippen molar-refractivity contribution in [3.05, 3.63) is 64.6 Å². The first-order valence-electron chi connectivity index (χ1n) is 11.8. The van der Waals surface area contributed by atoms with Gasteiger partial charge in [0.05, 0.1) is 11.7 Å². The van der Waals surface area contributed by atoms with Crippen LogP contribution in [0.2, 0.25) is 0 Å². The summed E-state index contributed by atoms with van der Waals surface area (Å²) in [5, 5.41) is 4.93. The molecule has 6 heteroatoms. The molecule has 1 aromatic carbocycles. The molecule has 2 aromatic heterocycles. The monoisotopic (exact) mass is 431 g/mol. The lowest BCUT2D eigenvalue weighted by Crippen LogP contribution is -2.44. The van der Waals surface area contributed by atoms with Crippen molar-refractivity contribution in [2.75, 3.05) is 20.6 Å². The van der Waals surface area contributed by atoms with Crippen LogP contribution in [0.1, 0.15) is 78.3 Å². The molecule has 3 heterocycles. The number of hydrogen-bond acceptors (Lipinski definition) is 4. The molecule has 0 radical (unpaired) electrons. The highest BCUT2D eigenvalue weighted by Gasteiger charge is 2.36. The number of piperidine rings is 1. The summed E-state index contributed by atoms with van der Waals surface area (Å²) < 4.78 is 1.95. The molecule has 2 aliphatic rings. The molecule has 1 saturated heterocycles. The quantitative estimate of drug-likeness (QED) is 0.593. The molecule has 2 atom stereocenters. The predicted molar refractivity (Wildman–Crippen MR) is 126 cm³/mol. The van der Waals surface area contributed by atoms with Crippen molar-refractivity contribution in [3.63, 3.8) is 0 Å². The van der Waals surface area contributed by atoms with Gasteiger partial charge in [-0.3, -0.25) is 9.69 Å². The molecule has 1 aliphatic heterocycles. The van der Waals surface area contributed by atoms with E-state index in [2.05, 4.69) is 49.1 Å². The van der Waals surface area contributed by atoms with Crippen molar-refractivity contribution in [3.8, 4) is 0 Å². The minimum absolute atomic E-state index is 0.00557. The summed E-state index contributed by atoms with van der Waals surface area (Å²) in [5.41, 5.74) is 6.38. The van der Waals surface area contributed by atoms with Crippen molar-refractivity contribution in [1.29, 1.82) is 0 Å². The van der Waals surface area contributed by atoms with E-state index in [0.29, 0.717) is 5.92 Å². The molecular formula is C26H33N5O. The van der Waals surface area contributed by atoms with Crippen molar-refractivity contribution >= 4 is 11.6 Å². The van der Waals surface area contributed by atoms with Gasteiger partial charge in [-0.05, 0) is 71.7 Å². The minimum Gasteiger partial charge on any atom is -0.332 e. The molecule has 32 heavy (non-hydrogen) atoms. The second-order valence-corrected chi connectivity index (χ2v) is 9.76. The smallest absolute Gasteiger partial charge is 0.245 e. The van der Waals surface area contributed by atoms with Gasteiger partial charge in [0.1, 0.15) is 6.04 Å². The third-order valence-corrected chi connectivity index (χ3v) is 6.88. The molecule has 0 spiro atoms. The molecule has 1 aliphatic carbocycles. The summed E-state index contributed by atoms with van der Waals surface area (Å²) in [6.45, 7) is 4.94. The van der Waals surface area contributed by atoms with Gasteiger partial charge in [-0.15, -0.1) is 0 Å². The first-order valence-corrected chi connectivity index (χ1v) is 11.8. The highest BCUT2D eigenvalue weighted by molar-refractivity contribution is 5.84. The standard InChI is InChI=1S/C26H33N5O/c1-17-8-7-9-20(14-17)25(29(3)4)26(32)30-13-6-5-10-23(30)22-16-24-27-21(19-11-12-19)15-18(2)31(24)28-22/h7-9,14-16,19,23,25H,5-6,10-13H2,1-4H3/t23-,25?/m0/s1. The Morgan fingerprint density at radius 1 is 1.06 bits per heavy atom. The fraction of sp³-hybridized carbons (Fsp3) is 0.500. The van der Waals surface area contributed by atoms with Crippen LogP contribution < -0.4 is 0 Å². The number of nitrogens with zero attached hydrogens (tertiary/aromatic N) is 5. The molecule has 2 fully saturated rings. The Morgan fingerprint density at radius 2 is 1.88 bits per heavy atom. The van der Waals surface area contributed by atoms with Gasteiger partial charge in [0.2, 0.25) is 5.91 Å². The Bertz CT molecular complexity index is 1150. The number of rotatable bonds is 5. The second-order valence-electron chi connectivity index (χ2n) is 9.76. The second kappa shape index (κ2) is 8.32. The fourth-order valence-corrected chi connectivity index (χ4v) is 5.08. The van der Waals surface area contributed by atoms with E-state index in [0.717, 1.165) is 48.4 Å². The van der Waals surface area contributed by atoms with E-state index in [1.807, 2.05) is 29.6 Å². The number of amides is 1. The maximum atomic E-state index is 13.9. The Labute approximate surface area is 190 Å². The van der Waals surface area contributed by atoms with E-state index >= 15 is 0 Å². The van der Waals surface area contributed by atoms with Gasteiger partial charge < -0.3 is 4.90 Å². The minimum atomic E-state index is -0.297. The van der Waals surface area contributed by atoms with E-state index in [1.165, 1.54) is 24.1 Å². The zero-order valence-corrected chi connectivity index (χ0v) is 19.6. The first kappa shape index (κ1) is 21.1. The zero-order chi connectivity index (χ0) is 22.4. The first-order chi connectivity index (χ1) is 15.4. The van der Waals surface area contributed by atoms with Gasteiger partial charge in [0.25, 0.3) is 0 Å². The van der Waals surface area contributed by atoms with E-state index in [9.17, 15) is 4.79 Å². The van der Waals surface area contributed by atoms with E-state index in [1.54, 1.807) is 0 Å². The summed E-state index contributed by atoms with van der Waals surface area (Å²) in [6, 6.07) is 12.3. The normalized spacial score (nSPS) is 20.2. The maximum Gasteiger partial charge on any atom is 0.245 e. The maximum absolute atomic E-state index is 13.9. The topological polar surface area (TPSA) is 53.7 Å². The number of fused-ring (bicyclic) bond motifs is 1. The highest BCUT2D eigenvalue weighted by Crippen LogP contribution is 2.40. The highest BCUT2D eigenvalue weighted by atomic mass is 16.2. The number of carbonyl (C=O) groups is 1. The van der Waals surface area contributed by atoms with Gasteiger partial charge in [0, 0.05) is 29.9 Å². The van der Waals surface area contributed by atoms with Gasteiger partial charge in [-0.25, -0.2) is 9.50 Å². The number of aryl methyl sites for hydroxylation is 2. The number of hydrogen-bond donors (Lipinski definition) is 0. The van der Waals surface area contributed by atoms with Crippen LogP contribution in [0.3, 0.4) is 0 Å². The van der Waals surface area contributed by atoms with Crippen molar-refractivity contribution in [2.24, 2.45) is 0 Å². The lowest BCUT2D eigenvalue weighted by molar-refractivity contribution is -0.140. The number of likely N-dealkylation sites (tertiary alicyclic amines) is 1. The third-order valence-electron chi connectivity index (χ3n) is 6.88. The van der Waals surface area contributed by atoms with Crippen LogP contribution in [0.25, 0.3) is 5.65 Å². The third kappa shape index (κ3) is 3.92. The molecular weight excluding hydrogens is 398 g/mol. The van der Waals surface area contributed by atoms with Crippen LogP contribution in [0.4, 0.5) is 0 Å². The van der Waals surface area contributed by atoms with Gasteiger partial charge in [-0.1, -0.05) is 29.8 Å². The molecule has 168 valence electrons. The van der Waals surface area contributed by atoms with E-state index in [-0.39, 0.29) is 18.0 Å². The molecule has 3 aromatic rings. The SMILES string of the molecule is Cc1cccc(C(C(=O)N2CCCC[C@H]2c2cc3nc(C4CC4)cc(C)n3n2)N(C)C)c1. The van der Waals surface area contributed by atoms with Gasteiger partial charge in [-0.2, -0.15) is 5.10 Å².